The number of aromatic nitrogens is 1. The first-order valence-electron chi connectivity index (χ1n) is 10.3. The summed E-state index contributed by atoms with van der Waals surface area (Å²) in [5.41, 5.74) is 4.56. The minimum atomic E-state index is -1.42. The Kier molecular flexibility index (Phi) is 6.95. The number of aromatic carboxylic acids is 1. The van der Waals surface area contributed by atoms with E-state index in [-0.39, 0.29) is 17.7 Å². The largest absolute Gasteiger partial charge is 0.503 e. The van der Waals surface area contributed by atoms with Crippen LogP contribution in [0.15, 0.2) is 35.3 Å². The van der Waals surface area contributed by atoms with E-state index in [4.69, 9.17) is 10.8 Å². The lowest BCUT2D eigenvalue weighted by Crippen LogP contribution is -2.51. The summed E-state index contributed by atoms with van der Waals surface area (Å²) >= 11 is 0. The lowest BCUT2D eigenvalue weighted by atomic mass is 10.1. The summed E-state index contributed by atoms with van der Waals surface area (Å²) < 4.78 is 13.6. The van der Waals surface area contributed by atoms with Gasteiger partial charge in [0.15, 0.2) is 11.4 Å². The highest BCUT2D eigenvalue weighted by atomic mass is 19.1. The molecule has 2 aliphatic heterocycles. The fourth-order valence-corrected chi connectivity index (χ4v) is 3.97. The normalized spacial score (nSPS) is 17.6. The van der Waals surface area contributed by atoms with E-state index in [0.29, 0.717) is 25.6 Å². The minimum Gasteiger partial charge on any atom is -0.503 e. The molecule has 0 spiro atoms. The highest BCUT2D eigenvalue weighted by molar-refractivity contribution is 5.97. The standard InChI is InChI=1S/C15H19N3O5.C7H8FN/c1-8(2)5-16-3-4-18-10(16)7-17-6-9(15(22)23)12(19)13(20)11(17)14(18)21;8-7-3-1-6(5-9)2-4-7/h6,8,10,20H,3-5,7H2,1-2H3,(H,22,23);1-4H,5,9H2. The van der Waals surface area contributed by atoms with Gasteiger partial charge in [-0.05, 0) is 23.6 Å². The number of carbonyl (C=O) groups excluding carboxylic acids is 1. The number of hydrogen-bond donors (Lipinski definition) is 3. The van der Waals surface area contributed by atoms with Gasteiger partial charge >= 0.3 is 5.97 Å². The average Bonchev–Trinajstić information content (AvgIpc) is 3.13. The molecule has 0 bridgehead atoms. The molecule has 32 heavy (non-hydrogen) atoms. The lowest BCUT2D eigenvalue weighted by Gasteiger charge is -2.36. The third-order valence-corrected chi connectivity index (χ3v) is 5.47. The van der Waals surface area contributed by atoms with E-state index in [0.717, 1.165) is 24.8 Å². The van der Waals surface area contributed by atoms with Crippen LogP contribution in [-0.2, 0) is 13.1 Å². The molecule has 0 radical (unpaired) electrons. The summed E-state index contributed by atoms with van der Waals surface area (Å²) in [5, 5.41) is 19.1. The van der Waals surface area contributed by atoms with Gasteiger partial charge in [0.1, 0.15) is 17.5 Å². The molecule has 1 atom stereocenters. The molecule has 4 rings (SSSR count). The number of rotatable bonds is 4. The number of hydrogen-bond acceptors (Lipinski definition) is 6. The molecule has 1 saturated heterocycles. The molecule has 0 aliphatic carbocycles. The number of carboxylic acid groups (broad SMARTS) is 1. The van der Waals surface area contributed by atoms with Crippen LogP contribution in [0.2, 0.25) is 0 Å². The molecule has 1 aromatic heterocycles. The second-order valence-corrected chi connectivity index (χ2v) is 8.23. The van der Waals surface area contributed by atoms with Crippen LogP contribution >= 0.6 is 0 Å². The molecule has 10 heteroatoms. The molecular weight excluding hydrogens is 419 g/mol. The monoisotopic (exact) mass is 446 g/mol. The number of amides is 1. The van der Waals surface area contributed by atoms with Gasteiger partial charge < -0.3 is 25.4 Å². The number of nitrogens with two attached hydrogens (primary N) is 1. The molecule has 1 amide bonds. The van der Waals surface area contributed by atoms with Crippen molar-refractivity contribution in [3.8, 4) is 5.75 Å². The van der Waals surface area contributed by atoms with E-state index in [9.17, 15) is 23.9 Å². The average molecular weight is 446 g/mol. The van der Waals surface area contributed by atoms with Crippen LogP contribution in [-0.4, -0.2) is 62.3 Å². The van der Waals surface area contributed by atoms with Crippen molar-refractivity contribution in [1.82, 2.24) is 14.4 Å². The Labute approximate surface area is 184 Å². The van der Waals surface area contributed by atoms with E-state index in [2.05, 4.69) is 18.7 Å². The lowest BCUT2D eigenvalue weighted by molar-refractivity contribution is 0.0484. The zero-order valence-electron chi connectivity index (χ0n) is 18.0. The molecule has 1 aromatic carbocycles. The maximum atomic E-state index is 12.6. The van der Waals surface area contributed by atoms with Crippen molar-refractivity contribution in [2.45, 2.75) is 33.1 Å². The van der Waals surface area contributed by atoms with Crippen LogP contribution in [0.5, 0.6) is 5.75 Å². The number of pyridine rings is 1. The maximum absolute atomic E-state index is 12.6. The van der Waals surface area contributed by atoms with Gasteiger partial charge in [0.25, 0.3) is 5.91 Å². The van der Waals surface area contributed by atoms with Crippen LogP contribution in [0.1, 0.15) is 40.3 Å². The molecule has 1 unspecified atom stereocenters. The van der Waals surface area contributed by atoms with Crippen molar-refractivity contribution in [3.05, 3.63) is 63.3 Å². The quantitative estimate of drug-likeness (QED) is 0.645. The number of carbonyl (C=O) groups is 2. The van der Waals surface area contributed by atoms with Crippen molar-refractivity contribution in [1.29, 1.82) is 0 Å². The van der Waals surface area contributed by atoms with Crippen molar-refractivity contribution in [2.75, 3.05) is 19.6 Å². The van der Waals surface area contributed by atoms with Gasteiger partial charge in [-0.25, -0.2) is 9.18 Å². The molecule has 9 nitrogen and oxygen atoms in total. The fourth-order valence-electron chi connectivity index (χ4n) is 3.97. The Bertz CT molecular complexity index is 1070. The van der Waals surface area contributed by atoms with Gasteiger partial charge in [0.2, 0.25) is 5.43 Å². The number of aromatic hydroxyl groups is 1. The first kappa shape index (κ1) is 23.4. The third kappa shape index (κ3) is 4.66. The van der Waals surface area contributed by atoms with Crippen LogP contribution < -0.4 is 11.2 Å². The zero-order chi connectivity index (χ0) is 23.6. The molecule has 172 valence electrons. The molecular formula is C22H27FN4O5. The van der Waals surface area contributed by atoms with Gasteiger partial charge in [-0.1, -0.05) is 26.0 Å². The van der Waals surface area contributed by atoms with Crippen molar-refractivity contribution in [3.63, 3.8) is 0 Å². The van der Waals surface area contributed by atoms with Gasteiger partial charge in [-0.3, -0.25) is 14.5 Å². The predicted molar refractivity (Wildman–Crippen MR) is 115 cm³/mol. The van der Waals surface area contributed by atoms with E-state index >= 15 is 0 Å². The van der Waals surface area contributed by atoms with Crippen LogP contribution in [0.25, 0.3) is 0 Å². The number of fused-ring (bicyclic) bond motifs is 2. The summed E-state index contributed by atoms with van der Waals surface area (Å²) in [4.78, 5) is 39.5. The van der Waals surface area contributed by atoms with Gasteiger partial charge in [-0.15, -0.1) is 0 Å². The molecule has 3 heterocycles. The summed E-state index contributed by atoms with van der Waals surface area (Å²) in [5.74, 6) is -2.41. The third-order valence-electron chi connectivity index (χ3n) is 5.47. The highest BCUT2D eigenvalue weighted by Gasteiger charge is 2.42. The topological polar surface area (TPSA) is 129 Å². The van der Waals surface area contributed by atoms with Gasteiger partial charge in [0.05, 0.1) is 6.54 Å². The molecule has 4 N–H and O–H groups in total. The van der Waals surface area contributed by atoms with Gasteiger partial charge in [0, 0.05) is 32.4 Å². The Morgan fingerprint density at radius 3 is 2.44 bits per heavy atom. The second-order valence-electron chi connectivity index (χ2n) is 8.23. The van der Waals surface area contributed by atoms with E-state index < -0.39 is 28.6 Å². The predicted octanol–water partition coefficient (Wildman–Crippen LogP) is 1.29. The van der Waals surface area contributed by atoms with Gasteiger partial charge in [-0.2, -0.15) is 0 Å². The maximum Gasteiger partial charge on any atom is 0.341 e. The highest BCUT2D eigenvalue weighted by Crippen LogP contribution is 2.28. The molecule has 2 aromatic rings. The van der Waals surface area contributed by atoms with Crippen LogP contribution in [0.4, 0.5) is 4.39 Å². The number of nitrogens with zero attached hydrogens (tertiary/aromatic N) is 3. The van der Waals surface area contributed by atoms with Crippen LogP contribution in [0.3, 0.4) is 0 Å². The molecule has 2 aliphatic rings. The van der Waals surface area contributed by atoms with Crippen molar-refractivity contribution in [2.24, 2.45) is 11.7 Å². The smallest absolute Gasteiger partial charge is 0.341 e. The number of benzene rings is 1. The van der Waals surface area contributed by atoms with Crippen LogP contribution in [0, 0.1) is 11.7 Å². The summed E-state index contributed by atoms with van der Waals surface area (Å²) in [6, 6.07) is 6.16. The Balaban J connectivity index is 0.000000269. The van der Waals surface area contributed by atoms with E-state index in [1.165, 1.54) is 16.7 Å². The van der Waals surface area contributed by atoms with Crippen molar-refractivity contribution < 1.29 is 24.2 Å². The minimum absolute atomic E-state index is 0.123. The Morgan fingerprint density at radius 1 is 1.22 bits per heavy atom. The SMILES string of the molecule is CC(C)CN1CCN2C(=O)c3c(O)c(=O)c(C(=O)O)cn3CC12.NCc1ccc(F)cc1. The van der Waals surface area contributed by atoms with E-state index in [1.807, 2.05) is 0 Å². The molecule has 0 saturated carbocycles. The first-order chi connectivity index (χ1) is 15.1. The Hall–Kier alpha value is -3.24. The summed E-state index contributed by atoms with van der Waals surface area (Å²) in [7, 11) is 0. The van der Waals surface area contributed by atoms with Crippen molar-refractivity contribution >= 4 is 11.9 Å². The first-order valence-corrected chi connectivity index (χ1v) is 10.3. The Morgan fingerprint density at radius 2 is 1.88 bits per heavy atom. The number of halogens is 1. The van der Waals surface area contributed by atoms with E-state index in [1.54, 1.807) is 17.0 Å². The molecule has 1 fully saturated rings. The fraction of sp³-hybridized carbons (Fsp3) is 0.409. The zero-order valence-corrected chi connectivity index (χ0v) is 18.0. The summed E-state index contributed by atoms with van der Waals surface area (Å²) in [6.45, 7) is 7.06. The number of carboxylic acids is 1. The second kappa shape index (κ2) is 9.49. The summed E-state index contributed by atoms with van der Waals surface area (Å²) in [6.07, 6.45) is 0.974.